The normalized spacial score (nSPS) is 21.4. The second-order valence-electron chi connectivity index (χ2n) is 6.33. The zero-order valence-electron chi connectivity index (χ0n) is 14.6. The van der Waals surface area contributed by atoms with Crippen molar-refractivity contribution >= 4 is 5.91 Å². The van der Waals surface area contributed by atoms with Crippen molar-refractivity contribution in [2.45, 2.75) is 13.5 Å². The summed E-state index contributed by atoms with van der Waals surface area (Å²) in [7, 11) is 5.34. The number of carbonyl (C=O) groups is 1. The number of benzene rings is 1. The zero-order valence-corrected chi connectivity index (χ0v) is 14.6. The second kappa shape index (κ2) is 8.31. The van der Waals surface area contributed by atoms with E-state index in [4.69, 9.17) is 9.47 Å². The molecule has 128 valence electrons. The summed E-state index contributed by atoms with van der Waals surface area (Å²) in [5.74, 6) is 1.36. The molecule has 1 amide bonds. The van der Waals surface area contributed by atoms with Gasteiger partial charge in [-0.15, -0.1) is 0 Å². The minimum atomic E-state index is 0.0139. The number of rotatable bonds is 7. The van der Waals surface area contributed by atoms with Gasteiger partial charge < -0.3 is 14.4 Å². The van der Waals surface area contributed by atoms with Crippen molar-refractivity contribution in [2.24, 2.45) is 11.8 Å². The maximum absolute atomic E-state index is 12.4. The highest BCUT2D eigenvalue weighted by Crippen LogP contribution is 2.27. The number of nitrogens with zero attached hydrogens (tertiary/aromatic N) is 2. The lowest BCUT2D eigenvalue weighted by Crippen LogP contribution is -2.35. The van der Waals surface area contributed by atoms with E-state index in [0.29, 0.717) is 13.2 Å². The maximum atomic E-state index is 12.4. The number of ether oxygens (including phenoxy) is 2. The number of carbonyl (C=O) groups excluding carboxylic acids is 1. The van der Waals surface area contributed by atoms with Gasteiger partial charge in [-0.3, -0.25) is 9.69 Å². The molecule has 5 heteroatoms. The van der Waals surface area contributed by atoms with Crippen LogP contribution in [0.3, 0.4) is 0 Å². The van der Waals surface area contributed by atoms with Gasteiger partial charge in [-0.2, -0.15) is 0 Å². The van der Waals surface area contributed by atoms with Crippen molar-refractivity contribution < 1.29 is 14.3 Å². The molecule has 5 nitrogen and oxygen atoms in total. The Bertz CT molecular complexity index is 519. The smallest absolute Gasteiger partial charge is 0.226 e. The minimum absolute atomic E-state index is 0.0139. The predicted octanol–water partition coefficient (Wildman–Crippen LogP) is 1.87. The van der Waals surface area contributed by atoms with Crippen molar-refractivity contribution in [3.63, 3.8) is 0 Å². The molecule has 0 aliphatic carbocycles. The Labute approximate surface area is 139 Å². The summed E-state index contributed by atoms with van der Waals surface area (Å²) in [6.45, 7) is 5.78. The summed E-state index contributed by atoms with van der Waals surface area (Å²) in [5, 5.41) is 0. The lowest BCUT2D eigenvalue weighted by molar-refractivity contribution is -0.134. The lowest BCUT2D eigenvalue weighted by Gasteiger charge is -2.20. The Morgan fingerprint density at radius 3 is 2.78 bits per heavy atom. The molecule has 1 heterocycles. The molecule has 0 radical (unpaired) electrons. The Kier molecular flexibility index (Phi) is 6.42. The van der Waals surface area contributed by atoms with Crippen LogP contribution in [-0.4, -0.2) is 63.2 Å². The molecule has 0 saturated carbocycles. The molecule has 0 spiro atoms. The molecule has 0 unspecified atom stereocenters. The van der Waals surface area contributed by atoms with E-state index in [1.807, 2.05) is 33.2 Å². The highest BCUT2D eigenvalue weighted by Gasteiger charge is 2.38. The van der Waals surface area contributed by atoms with Gasteiger partial charge in [0.05, 0.1) is 19.1 Å². The first-order valence-electron chi connectivity index (χ1n) is 8.19. The van der Waals surface area contributed by atoms with Crippen LogP contribution in [0.15, 0.2) is 24.3 Å². The fourth-order valence-corrected chi connectivity index (χ4v) is 3.24. The van der Waals surface area contributed by atoms with E-state index in [0.717, 1.165) is 25.4 Å². The van der Waals surface area contributed by atoms with Gasteiger partial charge in [-0.25, -0.2) is 0 Å². The van der Waals surface area contributed by atoms with Gasteiger partial charge >= 0.3 is 0 Å². The van der Waals surface area contributed by atoms with Crippen molar-refractivity contribution in [3.8, 4) is 5.75 Å². The average Bonchev–Trinajstić information content (AvgIpc) is 2.90. The summed E-state index contributed by atoms with van der Waals surface area (Å²) in [5.41, 5.74) is 1.21. The van der Waals surface area contributed by atoms with E-state index < -0.39 is 0 Å². The fourth-order valence-electron chi connectivity index (χ4n) is 3.24. The first-order chi connectivity index (χ1) is 11.0. The molecular formula is C18H28N2O3. The first kappa shape index (κ1) is 17.8. The predicted molar refractivity (Wildman–Crippen MR) is 90.4 cm³/mol. The number of amides is 1. The Hall–Kier alpha value is -1.59. The van der Waals surface area contributed by atoms with Gasteiger partial charge in [-0.05, 0) is 24.6 Å². The summed E-state index contributed by atoms with van der Waals surface area (Å²) in [4.78, 5) is 16.4. The van der Waals surface area contributed by atoms with Crippen LogP contribution in [0.2, 0.25) is 0 Å². The number of likely N-dealkylation sites (tertiary alicyclic amines) is 1. The summed E-state index contributed by atoms with van der Waals surface area (Å²) in [6, 6.07) is 8.18. The highest BCUT2D eigenvalue weighted by atomic mass is 16.5. The molecule has 0 N–H and O–H groups in total. The van der Waals surface area contributed by atoms with Crippen molar-refractivity contribution in [2.75, 3.05) is 47.5 Å². The molecular weight excluding hydrogens is 292 g/mol. The Morgan fingerprint density at radius 1 is 1.35 bits per heavy atom. The standard InChI is InChI=1S/C18H28N2O3/c1-5-23-16-8-6-7-14(9-16)10-20-11-15(13-22-4)17(12-20)18(21)19(2)3/h6-9,15,17H,5,10-13H2,1-4H3/t15-,17+/m0/s1. The maximum Gasteiger partial charge on any atom is 0.226 e. The second-order valence-corrected chi connectivity index (χ2v) is 6.33. The van der Waals surface area contributed by atoms with Crippen LogP contribution in [-0.2, 0) is 16.1 Å². The SMILES string of the molecule is CCOc1cccc(CN2C[C@@H](COC)[C@H](C(=O)N(C)C)C2)c1. The molecule has 2 rings (SSSR count). The van der Waals surface area contributed by atoms with E-state index in [2.05, 4.69) is 17.0 Å². The van der Waals surface area contributed by atoms with Crippen LogP contribution >= 0.6 is 0 Å². The van der Waals surface area contributed by atoms with Gasteiger partial charge in [0.2, 0.25) is 5.91 Å². The van der Waals surface area contributed by atoms with Crippen molar-refractivity contribution in [1.29, 1.82) is 0 Å². The van der Waals surface area contributed by atoms with Gasteiger partial charge in [0.25, 0.3) is 0 Å². The minimum Gasteiger partial charge on any atom is -0.494 e. The molecule has 1 aromatic carbocycles. The van der Waals surface area contributed by atoms with Crippen molar-refractivity contribution in [3.05, 3.63) is 29.8 Å². The topological polar surface area (TPSA) is 42.0 Å². The van der Waals surface area contributed by atoms with Crippen LogP contribution < -0.4 is 4.74 Å². The largest absolute Gasteiger partial charge is 0.494 e. The third-order valence-electron chi connectivity index (χ3n) is 4.27. The summed E-state index contributed by atoms with van der Waals surface area (Å²) < 4.78 is 10.9. The molecule has 0 bridgehead atoms. The number of methoxy groups -OCH3 is 1. The van der Waals surface area contributed by atoms with Crippen LogP contribution in [0.1, 0.15) is 12.5 Å². The molecule has 1 aliphatic rings. The van der Waals surface area contributed by atoms with Crippen LogP contribution in [0.25, 0.3) is 0 Å². The third-order valence-corrected chi connectivity index (χ3v) is 4.27. The van der Waals surface area contributed by atoms with E-state index in [1.165, 1.54) is 5.56 Å². The van der Waals surface area contributed by atoms with E-state index in [9.17, 15) is 4.79 Å². The molecule has 23 heavy (non-hydrogen) atoms. The van der Waals surface area contributed by atoms with Gasteiger partial charge in [0.1, 0.15) is 5.75 Å². The van der Waals surface area contributed by atoms with Gasteiger partial charge in [0, 0.05) is 46.8 Å². The number of hydrogen-bond acceptors (Lipinski definition) is 4. The Morgan fingerprint density at radius 2 is 2.13 bits per heavy atom. The quantitative estimate of drug-likeness (QED) is 0.769. The first-order valence-corrected chi connectivity index (χ1v) is 8.19. The van der Waals surface area contributed by atoms with E-state index in [-0.39, 0.29) is 17.7 Å². The zero-order chi connectivity index (χ0) is 16.8. The number of hydrogen-bond donors (Lipinski definition) is 0. The van der Waals surface area contributed by atoms with E-state index >= 15 is 0 Å². The summed E-state index contributed by atoms with van der Waals surface area (Å²) >= 11 is 0. The molecule has 1 fully saturated rings. The Balaban J connectivity index is 2.03. The van der Waals surface area contributed by atoms with Gasteiger partial charge in [0.15, 0.2) is 0 Å². The fraction of sp³-hybridized carbons (Fsp3) is 0.611. The highest BCUT2D eigenvalue weighted by molar-refractivity contribution is 5.79. The summed E-state index contributed by atoms with van der Waals surface area (Å²) in [6.07, 6.45) is 0. The molecule has 1 aromatic rings. The average molecular weight is 320 g/mol. The van der Waals surface area contributed by atoms with Crippen molar-refractivity contribution in [1.82, 2.24) is 9.80 Å². The van der Waals surface area contributed by atoms with Gasteiger partial charge in [-0.1, -0.05) is 12.1 Å². The molecule has 0 aromatic heterocycles. The van der Waals surface area contributed by atoms with E-state index in [1.54, 1.807) is 12.0 Å². The third kappa shape index (κ3) is 4.69. The monoisotopic (exact) mass is 320 g/mol. The molecule has 1 saturated heterocycles. The van der Waals surface area contributed by atoms with Crippen LogP contribution in [0.5, 0.6) is 5.75 Å². The van der Waals surface area contributed by atoms with Crippen LogP contribution in [0.4, 0.5) is 0 Å². The molecule has 2 atom stereocenters. The molecule has 1 aliphatic heterocycles. The lowest BCUT2D eigenvalue weighted by atomic mass is 9.96. The van der Waals surface area contributed by atoms with Crippen LogP contribution in [0, 0.1) is 11.8 Å².